The zero-order chi connectivity index (χ0) is 14.8. The predicted octanol–water partition coefficient (Wildman–Crippen LogP) is 4.36. The van der Waals surface area contributed by atoms with E-state index in [4.69, 9.17) is 11.6 Å². The molecule has 1 aliphatic carbocycles. The number of hydrogen-bond acceptors (Lipinski definition) is 2. The number of carbonyl (C=O) groups excluding carboxylic acids is 2. The van der Waals surface area contributed by atoms with E-state index >= 15 is 0 Å². The number of aryl methyl sites for hydroxylation is 1. The molecule has 2 aromatic rings. The first-order valence-corrected chi connectivity index (χ1v) is 7.44. The number of benzene rings is 2. The Balaban J connectivity index is 1.76. The highest BCUT2D eigenvalue weighted by molar-refractivity contribution is 6.30. The summed E-state index contributed by atoms with van der Waals surface area (Å²) in [7, 11) is 0. The molecule has 3 rings (SSSR count). The van der Waals surface area contributed by atoms with Crippen molar-refractivity contribution in [2.45, 2.75) is 19.3 Å². The van der Waals surface area contributed by atoms with Gasteiger partial charge in [-0.2, -0.15) is 0 Å². The summed E-state index contributed by atoms with van der Waals surface area (Å²) in [6, 6.07) is 14.5. The van der Waals surface area contributed by atoms with Gasteiger partial charge in [0.15, 0.2) is 11.6 Å². The number of rotatable bonds is 3. The monoisotopic (exact) mass is 298 g/mol. The van der Waals surface area contributed by atoms with Gasteiger partial charge < -0.3 is 0 Å². The highest BCUT2D eigenvalue weighted by atomic mass is 35.5. The van der Waals surface area contributed by atoms with Crippen molar-refractivity contribution >= 4 is 23.2 Å². The summed E-state index contributed by atoms with van der Waals surface area (Å²) in [4.78, 5) is 24.8. The van der Waals surface area contributed by atoms with Gasteiger partial charge >= 0.3 is 0 Å². The van der Waals surface area contributed by atoms with Crippen molar-refractivity contribution in [3.63, 3.8) is 0 Å². The lowest BCUT2D eigenvalue weighted by molar-refractivity contribution is 0.0836. The lowest BCUT2D eigenvalue weighted by atomic mass is 9.80. The Morgan fingerprint density at radius 2 is 1.81 bits per heavy atom. The molecule has 1 atom stereocenters. The van der Waals surface area contributed by atoms with Crippen molar-refractivity contribution in [2.24, 2.45) is 5.92 Å². The Kier molecular flexibility index (Phi) is 3.89. The van der Waals surface area contributed by atoms with Crippen LogP contribution in [0.5, 0.6) is 0 Å². The summed E-state index contributed by atoms with van der Waals surface area (Å²) >= 11 is 5.82. The fourth-order valence-corrected chi connectivity index (χ4v) is 2.96. The standard InChI is InChI=1S/C18H15ClO2/c19-15-9-7-13(8-10-15)17(20)11-14-6-5-12-3-1-2-4-16(12)18(14)21/h1-4,7-10,14H,5-6,11H2. The molecule has 2 aromatic carbocycles. The van der Waals surface area contributed by atoms with Gasteiger partial charge in [0.25, 0.3) is 0 Å². The fourth-order valence-electron chi connectivity index (χ4n) is 2.83. The summed E-state index contributed by atoms with van der Waals surface area (Å²) < 4.78 is 0. The van der Waals surface area contributed by atoms with Crippen LogP contribution < -0.4 is 0 Å². The number of fused-ring (bicyclic) bond motifs is 1. The number of ketones is 2. The van der Waals surface area contributed by atoms with Crippen LogP contribution in [0.1, 0.15) is 39.1 Å². The molecule has 1 aliphatic rings. The molecule has 1 unspecified atom stereocenters. The summed E-state index contributed by atoms with van der Waals surface area (Å²) in [6.45, 7) is 0. The van der Waals surface area contributed by atoms with E-state index in [2.05, 4.69) is 0 Å². The van der Waals surface area contributed by atoms with E-state index in [9.17, 15) is 9.59 Å². The Morgan fingerprint density at radius 3 is 2.57 bits per heavy atom. The van der Waals surface area contributed by atoms with Crippen molar-refractivity contribution in [1.29, 1.82) is 0 Å². The molecule has 21 heavy (non-hydrogen) atoms. The molecule has 106 valence electrons. The highest BCUT2D eigenvalue weighted by Crippen LogP contribution is 2.28. The minimum atomic E-state index is -0.205. The molecule has 3 heteroatoms. The van der Waals surface area contributed by atoms with Gasteiger partial charge in [-0.3, -0.25) is 9.59 Å². The zero-order valence-electron chi connectivity index (χ0n) is 11.5. The van der Waals surface area contributed by atoms with Crippen LogP contribution in [-0.2, 0) is 6.42 Å². The maximum Gasteiger partial charge on any atom is 0.166 e. The number of carbonyl (C=O) groups is 2. The van der Waals surface area contributed by atoms with Gasteiger partial charge in [0.1, 0.15) is 0 Å². The van der Waals surface area contributed by atoms with Crippen molar-refractivity contribution in [2.75, 3.05) is 0 Å². The highest BCUT2D eigenvalue weighted by Gasteiger charge is 2.28. The third kappa shape index (κ3) is 2.91. The predicted molar refractivity (Wildman–Crippen MR) is 83.0 cm³/mol. The molecule has 0 saturated heterocycles. The zero-order valence-corrected chi connectivity index (χ0v) is 12.3. The average molecular weight is 299 g/mol. The molecule has 0 heterocycles. The second-order valence-electron chi connectivity index (χ2n) is 5.39. The molecule has 0 bridgehead atoms. The molecule has 0 aliphatic heterocycles. The van der Waals surface area contributed by atoms with Crippen molar-refractivity contribution in [3.8, 4) is 0 Å². The van der Waals surface area contributed by atoms with Crippen LogP contribution in [0.25, 0.3) is 0 Å². The van der Waals surface area contributed by atoms with Crippen molar-refractivity contribution < 1.29 is 9.59 Å². The topological polar surface area (TPSA) is 34.1 Å². The molecular formula is C18H15ClO2. The Labute approximate surface area is 128 Å². The van der Waals surface area contributed by atoms with Crippen LogP contribution in [0.2, 0.25) is 5.02 Å². The second-order valence-corrected chi connectivity index (χ2v) is 5.83. The lowest BCUT2D eigenvalue weighted by Crippen LogP contribution is -2.25. The van der Waals surface area contributed by atoms with Gasteiger partial charge in [-0.15, -0.1) is 0 Å². The van der Waals surface area contributed by atoms with E-state index in [1.54, 1.807) is 24.3 Å². The largest absolute Gasteiger partial charge is 0.294 e. The van der Waals surface area contributed by atoms with E-state index in [0.29, 0.717) is 10.6 Å². The smallest absolute Gasteiger partial charge is 0.166 e. The Hall–Kier alpha value is -1.93. The molecule has 0 aromatic heterocycles. The quantitative estimate of drug-likeness (QED) is 0.789. The van der Waals surface area contributed by atoms with Gasteiger partial charge in [-0.1, -0.05) is 35.9 Å². The van der Waals surface area contributed by atoms with Crippen molar-refractivity contribution in [3.05, 3.63) is 70.2 Å². The van der Waals surface area contributed by atoms with E-state index in [-0.39, 0.29) is 23.9 Å². The minimum absolute atomic E-state index is 0.00407. The van der Waals surface area contributed by atoms with Crippen LogP contribution in [0.4, 0.5) is 0 Å². The van der Waals surface area contributed by atoms with Gasteiger partial charge in [-0.05, 0) is 42.7 Å². The van der Waals surface area contributed by atoms with E-state index in [0.717, 1.165) is 24.0 Å². The van der Waals surface area contributed by atoms with Crippen LogP contribution >= 0.6 is 11.6 Å². The summed E-state index contributed by atoms with van der Waals surface area (Å²) in [5.74, 6) is -0.105. The number of halogens is 1. The lowest BCUT2D eigenvalue weighted by Gasteiger charge is -2.22. The molecule has 0 saturated carbocycles. The van der Waals surface area contributed by atoms with E-state index in [1.165, 1.54) is 0 Å². The molecule has 2 nitrogen and oxygen atoms in total. The van der Waals surface area contributed by atoms with E-state index < -0.39 is 0 Å². The van der Waals surface area contributed by atoms with Gasteiger partial charge in [-0.25, -0.2) is 0 Å². The second kappa shape index (κ2) is 5.82. The Morgan fingerprint density at radius 1 is 1.10 bits per heavy atom. The van der Waals surface area contributed by atoms with Crippen LogP contribution in [-0.4, -0.2) is 11.6 Å². The molecule has 0 amide bonds. The SMILES string of the molecule is O=C(CC1CCc2ccccc2C1=O)c1ccc(Cl)cc1. The normalized spacial score (nSPS) is 17.4. The van der Waals surface area contributed by atoms with Crippen LogP contribution in [0.3, 0.4) is 0 Å². The Bertz CT molecular complexity index is 689. The minimum Gasteiger partial charge on any atom is -0.294 e. The first-order chi connectivity index (χ1) is 10.1. The molecular weight excluding hydrogens is 284 g/mol. The van der Waals surface area contributed by atoms with Crippen molar-refractivity contribution in [1.82, 2.24) is 0 Å². The van der Waals surface area contributed by atoms with Gasteiger partial charge in [0.05, 0.1) is 0 Å². The number of hydrogen-bond donors (Lipinski definition) is 0. The average Bonchev–Trinajstić information content (AvgIpc) is 2.51. The number of Topliss-reactive ketones (excluding diaryl/α,β-unsaturated/α-hetero) is 2. The molecule has 0 N–H and O–H groups in total. The van der Waals surface area contributed by atoms with E-state index in [1.807, 2.05) is 24.3 Å². The molecule has 0 spiro atoms. The summed E-state index contributed by atoms with van der Waals surface area (Å²) in [6.07, 6.45) is 1.88. The van der Waals surface area contributed by atoms with Gasteiger partial charge in [0.2, 0.25) is 0 Å². The summed E-state index contributed by atoms with van der Waals surface area (Å²) in [5.41, 5.74) is 2.49. The van der Waals surface area contributed by atoms with Gasteiger partial charge in [0, 0.05) is 28.5 Å². The first kappa shape index (κ1) is 14.0. The fraction of sp³-hybridized carbons (Fsp3) is 0.222. The third-order valence-electron chi connectivity index (χ3n) is 4.01. The first-order valence-electron chi connectivity index (χ1n) is 7.06. The third-order valence-corrected chi connectivity index (χ3v) is 4.27. The van der Waals surface area contributed by atoms with Crippen LogP contribution in [0.15, 0.2) is 48.5 Å². The van der Waals surface area contributed by atoms with Crippen LogP contribution in [0, 0.1) is 5.92 Å². The molecule has 0 fully saturated rings. The maximum atomic E-state index is 12.5. The molecule has 0 radical (unpaired) electrons. The summed E-state index contributed by atoms with van der Waals surface area (Å²) in [5, 5.41) is 0.606. The maximum absolute atomic E-state index is 12.5.